The second-order valence-electron chi connectivity index (χ2n) is 12.0. The van der Waals surface area contributed by atoms with Crippen LogP contribution in [0.1, 0.15) is 74.6 Å². The number of ether oxygens (including phenoxy) is 4. The van der Waals surface area contributed by atoms with Crippen LogP contribution < -0.4 is 18.9 Å². The van der Waals surface area contributed by atoms with Gasteiger partial charge in [-0.1, -0.05) is 97.1 Å². The van der Waals surface area contributed by atoms with Crippen LogP contribution in [0.25, 0.3) is 12.2 Å². The van der Waals surface area contributed by atoms with Crippen molar-refractivity contribution in [2.45, 2.75) is 52.4 Å². The van der Waals surface area contributed by atoms with Crippen LogP contribution in [0.4, 0.5) is 0 Å². The second kappa shape index (κ2) is 19.7. The molecule has 4 aromatic carbocycles. The summed E-state index contributed by atoms with van der Waals surface area (Å²) in [6, 6.07) is 29.9. The molecule has 270 valence electrons. The maximum Gasteiger partial charge on any atom is 0.308 e. The van der Waals surface area contributed by atoms with E-state index in [-0.39, 0.29) is 34.8 Å². The first-order chi connectivity index (χ1) is 25.0. The first-order valence-electron chi connectivity index (χ1n) is 16.8. The average Bonchev–Trinajstić information content (AvgIpc) is 3.10. The number of hydrogen-bond acceptors (Lipinski definition) is 9. The van der Waals surface area contributed by atoms with E-state index in [1.807, 2.05) is 85.0 Å². The molecule has 0 bridgehead atoms. The molecule has 10 heteroatoms. The topological polar surface area (TPSA) is 122 Å². The molecule has 4 aromatic rings. The van der Waals surface area contributed by atoms with Crippen LogP contribution in [0.2, 0.25) is 0 Å². The summed E-state index contributed by atoms with van der Waals surface area (Å²) in [6.45, 7) is 5.10. The molecule has 0 radical (unpaired) electrons. The van der Waals surface area contributed by atoms with Gasteiger partial charge in [0.05, 0.1) is 0 Å². The van der Waals surface area contributed by atoms with E-state index in [1.165, 1.54) is 27.7 Å². The van der Waals surface area contributed by atoms with Crippen molar-refractivity contribution in [2.75, 3.05) is 11.5 Å². The minimum Gasteiger partial charge on any atom is -0.423 e. The number of benzene rings is 4. The van der Waals surface area contributed by atoms with E-state index >= 15 is 0 Å². The number of allylic oxidation sites excluding steroid dienone is 2. The fourth-order valence-electron chi connectivity index (χ4n) is 5.43. The largest absolute Gasteiger partial charge is 0.423 e. The van der Waals surface area contributed by atoms with Crippen LogP contribution >= 0.6 is 0 Å². The number of rotatable bonds is 16. The Labute approximate surface area is 306 Å². The Morgan fingerprint density at radius 2 is 0.865 bits per heavy atom. The molecule has 0 fully saturated rings. The minimum absolute atomic E-state index is 0.0401. The summed E-state index contributed by atoms with van der Waals surface area (Å²) in [5.74, 6) is -0.649. The van der Waals surface area contributed by atoms with Gasteiger partial charge >= 0.3 is 23.9 Å². The van der Waals surface area contributed by atoms with Crippen LogP contribution in [-0.4, -0.2) is 39.6 Å². The summed E-state index contributed by atoms with van der Waals surface area (Å²) in [5.41, 5.74) is 3.64. The average molecular weight is 723 g/mol. The highest BCUT2D eigenvalue weighted by Crippen LogP contribution is 2.32. The number of hydrogen-bond donors (Lipinski definition) is 0. The Kier molecular flexibility index (Phi) is 14.8. The van der Waals surface area contributed by atoms with Gasteiger partial charge in [0, 0.05) is 61.8 Å². The molecule has 2 unspecified atom stereocenters. The third-order valence-corrected chi connectivity index (χ3v) is 9.14. The first kappa shape index (κ1) is 39.2. The van der Waals surface area contributed by atoms with E-state index in [0.29, 0.717) is 24.3 Å². The van der Waals surface area contributed by atoms with Crippen LogP contribution in [0.5, 0.6) is 23.0 Å². The molecule has 0 amide bonds. The minimum atomic E-state index is -1.12. The molecule has 0 aliphatic carbocycles. The highest BCUT2D eigenvalue weighted by Gasteiger charge is 2.16. The number of carbonyl (C=O) groups excluding carboxylic acids is 4. The van der Waals surface area contributed by atoms with E-state index in [1.54, 1.807) is 36.4 Å². The van der Waals surface area contributed by atoms with Gasteiger partial charge in [-0.25, -0.2) is 0 Å². The van der Waals surface area contributed by atoms with E-state index in [4.69, 9.17) is 18.9 Å². The van der Waals surface area contributed by atoms with Crippen LogP contribution in [-0.2, 0) is 30.0 Å². The zero-order valence-corrected chi connectivity index (χ0v) is 30.4. The quantitative estimate of drug-likeness (QED) is 0.0832. The fourth-order valence-corrected chi connectivity index (χ4v) is 6.66. The van der Waals surface area contributed by atoms with Crippen molar-refractivity contribution in [2.24, 2.45) is 0 Å². The molecule has 0 saturated heterocycles. The molecule has 0 spiro atoms. The molecule has 0 saturated carbocycles. The predicted molar refractivity (Wildman–Crippen MR) is 202 cm³/mol. The lowest BCUT2D eigenvalue weighted by molar-refractivity contribution is -0.134. The summed E-state index contributed by atoms with van der Waals surface area (Å²) in [7, 11) is -1.12. The van der Waals surface area contributed by atoms with Crippen molar-refractivity contribution in [1.29, 1.82) is 0 Å². The molecular weight excluding hydrogens is 681 g/mol. The normalized spacial score (nSPS) is 12.9. The summed E-state index contributed by atoms with van der Waals surface area (Å²) >= 11 is 0. The second-order valence-corrected chi connectivity index (χ2v) is 13.7. The summed E-state index contributed by atoms with van der Waals surface area (Å²) in [5, 5.41) is 0. The van der Waals surface area contributed by atoms with E-state index in [2.05, 4.69) is 0 Å². The van der Waals surface area contributed by atoms with Gasteiger partial charge in [-0.2, -0.15) is 0 Å². The molecular formula is C42H42O9S. The lowest BCUT2D eigenvalue weighted by Gasteiger charge is -2.16. The first-order valence-corrected chi connectivity index (χ1v) is 18.3. The van der Waals surface area contributed by atoms with Crippen molar-refractivity contribution >= 4 is 46.8 Å². The van der Waals surface area contributed by atoms with E-state index in [0.717, 1.165) is 22.3 Å². The van der Waals surface area contributed by atoms with E-state index < -0.39 is 34.7 Å². The molecule has 0 N–H and O–H groups in total. The standard InChI is InChI=1S/C42H42O9S/c1-29(43)48-39-21-17-33(27-41(39)50-31(3)45)15-19-37(35-11-7-5-8-12-35)23-25-52(47)26-24-38(36-13-9-6-10-14-36)20-16-34-18-22-40(49-30(2)44)42(28-34)51-32(4)46/h5-22,27-28,37-38H,23-26H2,1-4H3/b19-15+,20-16+. The summed E-state index contributed by atoms with van der Waals surface area (Å²) < 4.78 is 34.4. The molecule has 0 aliphatic rings. The summed E-state index contributed by atoms with van der Waals surface area (Å²) in [6.07, 6.45) is 9.16. The van der Waals surface area contributed by atoms with Gasteiger partial charge < -0.3 is 18.9 Å². The van der Waals surface area contributed by atoms with Gasteiger partial charge in [-0.15, -0.1) is 0 Å². The Bertz CT molecular complexity index is 1790. The molecule has 52 heavy (non-hydrogen) atoms. The molecule has 0 aliphatic heterocycles. The third-order valence-electron chi connectivity index (χ3n) is 7.76. The zero-order chi connectivity index (χ0) is 37.5. The molecule has 0 heterocycles. The lowest BCUT2D eigenvalue weighted by Crippen LogP contribution is -2.09. The highest BCUT2D eigenvalue weighted by atomic mass is 32.2. The Morgan fingerprint density at radius 1 is 0.519 bits per heavy atom. The maximum absolute atomic E-state index is 13.5. The van der Waals surface area contributed by atoms with Gasteiger partial charge in [0.1, 0.15) is 0 Å². The number of carbonyl (C=O) groups is 4. The van der Waals surface area contributed by atoms with Gasteiger partial charge in [-0.05, 0) is 59.4 Å². The SMILES string of the molecule is CC(=O)Oc1ccc(/C=C/C(CCS(=O)CCC(/C=C/c2ccc(OC(C)=O)c(OC(C)=O)c2)c2ccccc2)c2ccccc2)cc1OC(C)=O. The Hall–Kier alpha value is -5.61. The molecule has 2 atom stereocenters. The monoisotopic (exact) mass is 722 g/mol. The van der Waals surface area contributed by atoms with Crippen molar-refractivity contribution in [3.63, 3.8) is 0 Å². The zero-order valence-electron chi connectivity index (χ0n) is 29.6. The van der Waals surface area contributed by atoms with Crippen molar-refractivity contribution in [3.05, 3.63) is 131 Å². The lowest BCUT2D eigenvalue weighted by atomic mass is 9.95. The Balaban J connectivity index is 1.47. The molecule has 9 nitrogen and oxygen atoms in total. The number of esters is 4. The fraction of sp³-hybridized carbons (Fsp3) is 0.238. The van der Waals surface area contributed by atoms with Gasteiger partial charge in [0.25, 0.3) is 0 Å². The predicted octanol–water partition coefficient (Wildman–Crippen LogP) is 8.21. The van der Waals surface area contributed by atoms with Gasteiger partial charge in [0.2, 0.25) is 0 Å². The maximum atomic E-state index is 13.5. The van der Waals surface area contributed by atoms with E-state index in [9.17, 15) is 23.4 Å². The van der Waals surface area contributed by atoms with Crippen LogP contribution in [0.15, 0.2) is 109 Å². The highest BCUT2D eigenvalue weighted by molar-refractivity contribution is 7.84. The van der Waals surface area contributed by atoms with Crippen molar-refractivity contribution in [3.8, 4) is 23.0 Å². The Morgan fingerprint density at radius 3 is 1.21 bits per heavy atom. The van der Waals surface area contributed by atoms with Gasteiger partial charge in [-0.3, -0.25) is 23.4 Å². The molecule has 0 aromatic heterocycles. The van der Waals surface area contributed by atoms with Gasteiger partial charge in [0.15, 0.2) is 23.0 Å². The summed E-state index contributed by atoms with van der Waals surface area (Å²) in [4.78, 5) is 46.4. The van der Waals surface area contributed by atoms with Crippen molar-refractivity contribution < 1.29 is 42.3 Å². The molecule has 4 rings (SSSR count). The van der Waals surface area contributed by atoms with Crippen molar-refractivity contribution in [1.82, 2.24) is 0 Å². The van der Waals surface area contributed by atoms with Crippen LogP contribution in [0, 0.1) is 0 Å². The smallest absolute Gasteiger partial charge is 0.308 e. The third kappa shape index (κ3) is 12.9. The van der Waals surface area contributed by atoms with Crippen LogP contribution in [0.3, 0.4) is 0 Å².